The second-order valence-electron chi connectivity index (χ2n) is 5.50. The summed E-state index contributed by atoms with van der Waals surface area (Å²) in [7, 11) is 4.03. The van der Waals surface area contributed by atoms with Crippen LogP contribution in [-0.2, 0) is 4.79 Å². The van der Waals surface area contributed by atoms with E-state index in [4.69, 9.17) is 0 Å². The number of carbonyl (C=O) groups excluding carboxylic acids is 1. The highest BCUT2D eigenvalue weighted by atomic mass is 16.2. The Balaban J connectivity index is 2.16. The molecule has 0 aliphatic carbocycles. The molecule has 1 aliphatic rings. The number of piperidine rings is 1. The molecule has 1 heterocycles. The number of rotatable bonds is 5. The molecule has 1 saturated heterocycles. The van der Waals surface area contributed by atoms with Gasteiger partial charge in [-0.05, 0) is 52.7 Å². The van der Waals surface area contributed by atoms with E-state index in [9.17, 15) is 4.79 Å². The Labute approximate surface area is 105 Å². The van der Waals surface area contributed by atoms with Crippen molar-refractivity contribution in [2.45, 2.75) is 32.7 Å². The third kappa shape index (κ3) is 5.04. The monoisotopic (exact) mass is 241 g/mol. The van der Waals surface area contributed by atoms with E-state index in [1.165, 1.54) is 19.4 Å². The number of likely N-dealkylation sites (N-methyl/N-ethyl adjacent to an activating group) is 1. The minimum Gasteiger partial charge on any atom is -0.342 e. The van der Waals surface area contributed by atoms with Gasteiger partial charge < -0.3 is 15.1 Å². The normalized spacial score (nSPS) is 21.8. The van der Waals surface area contributed by atoms with Gasteiger partial charge in [-0.2, -0.15) is 0 Å². The van der Waals surface area contributed by atoms with Crippen LogP contribution in [0.1, 0.15) is 26.7 Å². The molecule has 1 amide bonds. The van der Waals surface area contributed by atoms with Crippen LogP contribution < -0.4 is 5.32 Å². The molecule has 0 aromatic rings. The number of carbonyl (C=O) groups is 1. The van der Waals surface area contributed by atoms with E-state index in [2.05, 4.69) is 17.3 Å². The SMILES string of the molecule is CC(C)N(C)C(=O)CNCC1CCCN(C)C1. The van der Waals surface area contributed by atoms with E-state index in [-0.39, 0.29) is 11.9 Å². The van der Waals surface area contributed by atoms with Gasteiger partial charge in [-0.3, -0.25) is 4.79 Å². The molecule has 1 atom stereocenters. The summed E-state index contributed by atoms with van der Waals surface area (Å²) in [6.45, 7) is 7.87. The molecule has 0 aromatic heterocycles. The maximum atomic E-state index is 11.7. The van der Waals surface area contributed by atoms with Crippen LogP contribution in [0.4, 0.5) is 0 Å². The molecule has 1 aliphatic heterocycles. The fraction of sp³-hybridized carbons (Fsp3) is 0.923. The van der Waals surface area contributed by atoms with E-state index in [1.807, 2.05) is 20.9 Å². The highest BCUT2D eigenvalue weighted by molar-refractivity contribution is 5.78. The molecule has 0 aromatic carbocycles. The van der Waals surface area contributed by atoms with E-state index in [0.29, 0.717) is 12.5 Å². The van der Waals surface area contributed by atoms with Crippen molar-refractivity contribution in [3.63, 3.8) is 0 Å². The summed E-state index contributed by atoms with van der Waals surface area (Å²) in [5, 5.41) is 3.29. The van der Waals surface area contributed by atoms with Crippen molar-refractivity contribution in [1.82, 2.24) is 15.1 Å². The van der Waals surface area contributed by atoms with Crippen LogP contribution in [0, 0.1) is 5.92 Å². The molecule has 100 valence electrons. The van der Waals surface area contributed by atoms with Crippen LogP contribution >= 0.6 is 0 Å². The Morgan fingerprint density at radius 2 is 2.24 bits per heavy atom. The van der Waals surface area contributed by atoms with Gasteiger partial charge >= 0.3 is 0 Å². The lowest BCUT2D eigenvalue weighted by molar-refractivity contribution is -0.130. The predicted molar refractivity (Wildman–Crippen MR) is 71.0 cm³/mol. The second kappa shape index (κ2) is 6.97. The van der Waals surface area contributed by atoms with Crippen molar-refractivity contribution < 1.29 is 4.79 Å². The van der Waals surface area contributed by atoms with Crippen molar-refractivity contribution in [2.75, 3.05) is 40.3 Å². The first-order valence-corrected chi connectivity index (χ1v) is 6.65. The molecule has 1 N–H and O–H groups in total. The number of hydrogen-bond donors (Lipinski definition) is 1. The molecule has 0 saturated carbocycles. The van der Waals surface area contributed by atoms with Gasteiger partial charge in [0.1, 0.15) is 0 Å². The van der Waals surface area contributed by atoms with Gasteiger partial charge in [0.25, 0.3) is 0 Å². The van der Waals surface area contributed by atoms with Crippen molar-refractivity contribution in [3.05, 3.63) is 0 Å². The number of nitrogens with one attached hydrogen (secondary N) is 1. The standard InChI is InChI=1S/C13H27N3O/c1-11(2)16(4)13(17)9-14-8-12-6-5-7-15(3)10-12/h11-12,14H,5-10H2,1-4H3. The van der Waals surface area contributed by atoms with Gasteiger partial charge in [-0.15, -0.1) is 0 Å². The van der Waals surface area contributed by atoms with Gasteiger partial charge in [-0.25, -0.2) is 0 Å². The highest BCUT2D eigenvalue weighted by Crippen LogP contribution is 2.13. The summed E-state index contributed by atoms with van der Waals surface area (Å²) < 4.78 is 0. The van der Waals surface area contributed by atoms with Crippen LogP contribution in [0.2, 0.25) is 0 Å². The quantitative estimate of drug-likeness (QED) is 0.773. The van der Waals surface area contributed by atoms with Crippen molar-refractivity contribution in [1.29, 1.82) is 0 Å². The van der Waals surface area contributed by atoms with Crippen LogP contribution in [0.25, 0.3) is 0 Å². The molecule has 4 nitrogen and oxygen atoms in total. The topological polar surface area (TPSA) is 35.6 Å². The van der Waals surface area contributed by atoms with E-state index < -0.39 is 0 Å². The summed E-state index contributed by atoms with van der Waals surface area (Å²) in [6, 6.07) is 0.283. The molecule has 1 rings (SSSR count). The Hall–Kier alpha value is -0.610. The summed E-state index contributed by atoms with van der Waals surface area (Å²) in [4.78, 5) is 15.9. The lowest BCUT2D eigenvalue weighted by Crippen LogP contribution is -2.42. The predicted octanol–water partition coefficient (Wildman–Crippen LogP) is 0.785. The number of likely N-dealkylation sites (tertiary alicyclic amines) is 1. The molecule has 0 radical (unpaired) electrons. The molecule has 1 unspecified atom stereocenters. The first kappa shape index (κ1) is 14.5. The Kier molecular flexibility index (Phi) is 5.92. The molecule has 0 spiro atoms. The molecular formula is C13H27N3O. The van der Waals surface area contributed by atoms with Gasteiger partial charge in [0, 0.05) is 19.6 Å². The zero-order valence-corrected chi connectivity index (χ0v) is 11.7. The maximum Gasteiger partial charge on any atom is 0.236 e. The molecule has 17 heavy (non-hydrogen) atoms. The number of hydrogen-bond acceptors (Lipinski definition) is 3. The fourth-order valence-corrected chi connectivity index (χ4v) is 2.24. The third-order valence-corrected chi connectivity index (χ3v) is 3.60. The Morgan fingerprint density at radius 3 is 2.82 bits per heavy atom. The molecule has 4 heteroatoms. The maximum absolute atomic E-state index is 11.7. The summed E-state index contributed by atoms with van der Waals surface area (Å²) >= 11 is 0. The van der Waals surface area contributed by atoms with Crippen LogP contribution in [0.3, 0.4) is 0 Å². The van der Waals surface area contributed by atoms with E-state index in [1.54, 1.807) is 4.90 Å². The average molecular weight is 241 g/mol. The smallest absolute Gasteiger partial charge is 0.236 e. The van der Waals surface area contributed by atoms with Crippen molar-refractivity contribution >= 4 is 5.91 Å². The number of amides is 1. The van der Waals surface area contributed by atoms with Crippen LogP contribution in [-0.4, -0.2) is 62.0 Å². The minimum absolute atomic E-state index is 0.184. The first-order valence-electron chi connectivity index (χ1n) is 6.65. The van der Waals surface area contributed by atoms with Crippen molar-refractivity contribution in [2.24, 2.45) is 5.92 Å². The van der Waals surface area contributed by atoms with Gasteiger partial charge in [0.2, 0.25) is 5.91 Å². The van der Waals surface area contributed by atoms with Gasteiger partial charge in [0.05, 0.1) is 6.54 Å². The minimum atomic E-state index is 0.184. The lowest BCUT2D eigenvalue weighted by atomic mass is 9.98. The Bertz CT molecular complexity index is 243. The van der Waals surface area contributed by atoms with Crippen LogP contribution in [0.5, 0.6) is 0 Å². The van der Waals surface area contributed by atoms with E-state index in [0.717, 1.165) is 13.1 Å². The third-order valence-electron chi connectivity index (χ3n) is 3.60. The number of nitrogens with zero attached hydrogens (tertiary/aromatic N) is 2. The van der Waals surface area contributed by atoms with Gasteiger partial charge in [0.15, 0.2) is 0 Å². The second-order valence-corrected chi connectivity index (χ2v) is 5.50. The molecular weight excluding hydrogens is 214 g/mol. The molecule has 1 fully saturated rings. The molecule has 0 bridgehead atoms. The zero-order chi connectivity index (χ0) is 12.8. The fourth-order valence-electron chi connectivity index (χ4n) is 2.24. The van der Waals surface area contributed by atoms with Gasteiger partial charge in [-0.1, -0.05) is 0 Å². The summed E-state index contributed by atoms with van der Waals surface area (Å²) in [6.07, 6.45) is 2.56. The van der Waals surface area contributed by atoms with Crippen LogP contribution in [0.15, 0.2) is 0 Å². The Morgan fingerprint density at radius 1 is 1.53 bits per heavy atom. The zero-order valence-electron chi connectivity index (χ0n) is 11.7. The first-order chi connectivity index (χ1) is 8.00. The van der Waals surface area contributed by atoms with E-state index >= 15 is 0 Å². The highest BCUT2D eigenvalue weighted by Gasteiger charge is 2.17. The average Bonchev–Trinajstić information content (AvgIpc) is 2.27. The largest absolute Gasteiger partial charge is 0.342 e. The summed E-state index contributed by atoms with van der Waals surface area (Å²) in [5.41, 5.74) is 0. The lowest BCUT2D eigenvalue weighted by Gasteiger charge is -2.30. The summed E-state index contributed by atoms with van der Waals surface area (Å²) in [5.74, 6) is 0.884. The van der Waals surface area contributed by atoms with Crippen molar-refractivity contribution in [3.8, 4) is 0 Å².